The van der Waals surface area contributed by atoms with E-state index in [0.29, 0.717) is 12.8 Å². The Kier molecular flexibility index (Phi) is 4.83. The fraction of sp³-hybridized carbons (Fsp3) is 0.462. The zero-order valence-electron chi connectivity index (χ0n) is 10.6. The number of carbonyl (C=O) groups excluding carboxylic acids is 1. The average Bonchev–Trinajstić information content (AvgIpc) is 2.41. The number of carbonyl (C=O) groups is 2. The van der Waals surface area contributed by atoms with Crippen LogP contribution in [0, 0.1) is 5.92 Å². The molecule has 1 saturated carbocycles. The van der Waals surface area contributed by atoms with Crippen molar-refractivity contribution in [1.82, 2.24) is 10.3 Å². The van der Waals surface area contributed by atoms with E-state index in [1.807, 2.05) is 0 Å². The molecule has 0 saturated heterocycles. The summed E-state index contributed by atoms with van der Waals surface area (Å²) in [5.74, 6) is -1.94. The number of pyridine rings is 1. The second-order valence-electron chi connectivity index (χ2n) is 4.77. The van der Waals surface area contributed by atoms with E-state index in [4.69, 9.17) is 23.2 Å². The summed E-state index contributed by atoms with van der Waals surface area (Å²) in [7, 11) is 0. The standard InChI is InChI=1S/C13H14Cl2N2O3/c14-8-5-6-10(15)17-11(8)12(18)16-9-4-2-1-3-7(9)13(19)20/h5-7,9H,1-4H2,(H,16,18)(H,19,20). The minimum Gasteiger partial charge on any atom is -0.481 e. The number of aromatic nitrogens is 1. The smallest absolute Gasteiger partial charge is 0.308 e. The van der Waals surface area contributed by atoms with Crippen molar-refractivity contribution in [3.05, 3.63) is 28.0 Å². The number of carboxylic acids is 1. The van der Waals surface area contributed by atoms with E-state index in [1.165, 1.54) is 12.1 Å². The number of halogens is 2. The van der Waals surface area contributed by atoms with Crippen molar-refractivity contribution < 1.29 is 14.7 Å². The molecule has 0 aromatic carbocycles. The molecule has 2 unspecified atom stereocenters. The lowest BCUT2D eigenvalue weighted by Gasteiger charge is -2.29. The molecule has 1 heterocycles. The van der Waals surface area contributed by atoms with E-state index < -0.39 is 23.8 Å². The molecule has 0 radical (unpaired) electrons. The van der Waals surface area contributed by atoms with Gasteiger partial charge in [-0.1, -0.05) is 36.0 Å². The molecule has 1 fully saturated rings. The molecule has 0 spiro atoms. The zero-order valence-corrected chi connectivity index (χ0v) is 12.1. The van der Waals surface area contributed by atoms with Crippen molar-refractivity contribution in [3.63, 3.8) is 0 Å². The van der Waals surface area contributed by atoms with E-state index in [1.54, 1.807) is 0 Å². The van der Waals surface area contributed by atoms with Crippen molar-refractivity contribution in [3.8, 4) is 0 Å². The molecule has 1 aromatic rings. The summed E-state index contributed by atoms with van der Waals surface area (Å²) in [4.78, 5) is 27.2. The van der Waals surface area contributed by atoms with Crippen LogP contribution in [0.4, 0.5) is 0 Å². The van der Waals surface area contributed by atoms with Gasteiger partial charge in [-0.05, 0) is 25.0 Å². The summed E-state index contributed by atoms with van der Waals surface area (Å²) in [6.07, 6.45) is 2.96. The monoisotopic (exact) mass is 316 g/mol. The molecule has 1 amide bonds. The van der Waals surface area contributed by atoms with Gasteiger partial charge in [0, 0.05) is 6.04 Å². The number of nitrogens with zero attached hydrogens (tertiary/aromatic N) is 1. The van der Waals surface area contributed by atoms with E-state index in [0.717, 1.165) is 12.8 Å². The molecule has 0 aliphatic heterocycles. The first-order valence-electron chi connectivity index (χ1n) is 6.34. The molecular formula is C13H14Cl2N2O3. The fourth-order valence-electron chi connectivity index (χ4n) is 2.41. The van der Waals surface area contributed by atoms with Crippen molar-refractivity contribution in [2.24, 2.45) is 5.92 Å². The Morgan fingerprint density at radius 2 is 1.95 bits per heavy atom. The van der Waals surface area contributed by atoms with Crippen molar-refractivity contribution in [1.29, 1.82) is 0 Å². The Labute approximate surface area is 126 Å². The van der Waals surface area contributed by atoms with Gasteiger partial charge < -0.3 is 10.4 Å². The summed E-state index contributed by atoms with van der Waals surface area (Å²) >= 11 is 11.6. The number of hydrogen-bond donors (Lipinski definition) is 2. The van der Waals surface area contributed by atoms with Gasteiger partial charge in [-0.2, -0.15) is 0 Å². The van der Waals surface area contributed by atoms with E-state index in [9.17, 15) is 14.7 Å². The second kappa shape index (κ2) is 6.41. The van der Waals surface area contributed by atoms with E-state index >= 15 is 0 Å². The maximum absolute atomic E-state index is 12.1. The first kappa shape index (κ1) is 15.1. The predicted molar refractivity (Wildman–Crippen MR) is 75.1 cm³/mol. The number of rotatable bonds is 3. The van der Waals surface area contributed by atoms with Crippen LogP contribution >= 0.6 is 23.2 Å². The van der Waals surface area contributed by atoms with Gasteiger partial charge >= 0.3 is 5.97 Å². The van der Waals surface area contributed by atoms with Gasteiger partial charge in [0.2, 0.25) is 0 Å². The third-order valence-corrected chi connectivity index (χ3v) is 3.94. The Bertz CT molecular complexity index is 536. The van der Waals surface area contributed by atoms with Crippen molar-refractivity contribution >= 4 is 35.1 Å². The lowest BCUT2D eigenvalue weighted by atomic mass is 9.84. The number of hydrogen-bond acceptors (Lipinski definition) is 3. The van der Waals surface area contributed by atoms with Crippen LogP contribution < -0.4 is 5.32 Å². The van der Waals surface area contributed by atoms with Crippen LogP contribution in [-0.4, -0.2) is 28.0 Å². The van der Waals surface area contributed by atoms with Crippen LogP contribution in [-0.2, 0) is 4.79 Å². The first-order chi connectivity index (χ1) is 9.49. The molecule has 1 aromatic heterocycles. The van der Waals surface area contributed by atoms with Crippen LogP contribution in [0.3, 0.4) is 0 Å². The highest BCUT2D eigenvalue weighted by molar-refractivity contribution is 6.34. The summed E-state index contributed by atoms with van der Waals surface area (Å²) < 4.78 is 0. The SMILES string of the molecule is O=C(NC1CCCCC1C(=O)O)c1nc(Cl)ccc1Cl. The lowest BCUT2D eigenvalue weighted by molar-refractivity contribution is -0.143. The predicted octanol–water partition coefficient (Wildman–Crippen LogP) is 2.76. The summed E-state index contributed by atoms with van der Waals surface area (Å²) in [6.45, 7) is 0. The number of carboxylic acid groups (broad SMARTS) is 1. The van der Waals surface area contributed by atoms with Gasteiger partial charge in [0.15, 0.2) is 0 Å². The minimum atomic E-state index is -0.889. The normalized spacial score (nSPS) is 22.3. The Balaban J connectivity index is 2.13. The lowest BCUT2D eigenvalue weighted by Crippen LogP contribution is -2.45. The van der Waals surface area contributed by atoms with Gasteiger partial charge in [-0.25, -0.2) is 4.98 Å². The van der Waals surface area contributed by atoms with Gasteiger partial charge in [-0.3, -0.25) is 9.59 Å². The zero-order chi connectivity index (χ0) is 14.7. The van der Waals surface area contributed by atoms with Crippen LogP contribution in [0.2, 0.25) is 10.2 Å². The quantitative estimate of drug-likeness (QED) is 0.840. The van der Waals surface area contributed by atoms with Gasteiger partial charge in [-0.15, -0.1) is 0 Å². The highest BCUT2D eigenvalue weighted by Gasteiger charge is 2.32. The topological polar surface area (TPSA) is 79.3 Å². The van der Waals surface area contributed by atoms with Crippen LogP contribution in [0.5, 0.6) is 0 Å². The summed E-state index contributed by atoms with van der Waals surface area (Å²) in [5.41, 5.74) is 0.0221. The summed E-state index contributed by atoms with van der Waals surface area (Å²) in [5, 5.41) is 12.2. The Morgan fingerprint density at radius 1 is 1.25 bits per heavy atom. The highest BCUT2D eigenvalue weighted by atomic mass is 35.5. The fourth-order valence-corrected chi connectivity index (χ4v) is 2.75. The van der Waals surface area contributed by atoms with Gasteiger partial charge in [0.05, 0.1) is 10.9 Å². The third-order valence-electron chi connectivity index (χ3n) is 3.43. The molecule has 2 rings (SSSR count). The molecule has 5 nitrogen and oxygen atoms in total. The maximum atomic E-state index is 12.1. The van der Waals surface area contributed by atoms with Crippen molar-refractivity contribution in [2.75, 3.05) is 0 Å². The Hall–Kier alpha value is -1.33. The molecule has 0 bridgehead atoms. The van der Waals surface area contributed by atoms with Gasteiger partial charge in [0.1, 0.15) is 10.8 Å². The number of amides is 1. The highest BCUT2D eigenvalue weighted by Crippen LogP contribution is 2.25. The van der Waals surface area contributed by atoms with Crippen LogP contribution in [0.1, 0.15) is 36.2 Å². The first-order valence-corrected chi connectivity index (χ1v) is 7.10. The molecule has 1 aliphatic carbocycles. The van der Waals surface area contributed by atoms with Crippen LogP contribution in [0.15, 0.2) is 12.1 Å². The maximum Gasteiger partial charge on any atom is 0.308 e. The van der Waals surface area contributed by atoms with Gasteiger partial charge in [0.25, 0.3) is 5.91 Å². The molecular weight excluding hydrogens is 303 g/mol. The molecule has 1 aliphatic rings. The van der Waals surface area contributed by atoms with E-state index in [-0.39, 0.29) is 15.9 Å². The third kappa shape index (κ3) is 3.41. The number of nitrogens with one attached hydrogen (secondary N) is 1. The molecule has 2 N–H and O–H groups in total. The molecule has 20 heavy (non-hydrogen) atoms. The number of aliphatic carboxylic acids is 1. The molecule has 7 heteroatoms. The second-order valence-corrected chi connectivity index (χ2v) is 5.57. The largest absolute Gasteiger partial charge is 0.481 e. The molecule has 2 atom stereocenters. The molecule has 108 valence electrons. The Morgan fingerprint density at radius 3 is 2.65 bits per heavy atom. The minimum absolute atomic E-state index is 0.0221. The van der Waals surface area contributed by atoms with Crippen molar-refractivity contribution in [2.45, 2.75) is 31.7 Å². The summed E-state index contributed by atoms with van der Waals surface area (Å²) in [6, 6.07) is 2.58. The van der Waals surface area contributed by atoms with E-state index in [2.05, 4.69) is 10.3 Å². The van der Waals surface area contributed by atoms with Crippen LogP contribution in [0.25, 0.3) is 0 Å². The average molecular weight is 317 g/mol.